The first-order chi connectivity index (χ1) is 9.21. The molecule has 1 N–H and O–H groups in total. The second-order valence-corrected chi connectivity index (χ2v) is 7.61. The Labute approximate surface area is 116 Å². The maximum atomic E-state index is 12.5. The van der Waals surface area contributed by atoms with Crippen LogP contribution in [0.3, 0.4) is 0 Å². The van der Waals surface area contributed by atoms with Crippen LogP contribution in [0.15, 0.2) is 0 Å². The number of nitrogens with zero attached hydrogens (tertiary/aromatic N) is 1. The second kappa shape index (κ2) is 3.59. The summed E-state index contributed by atoms with van der Waals surface area (Å²) in [5.41, 5.74) is -1.49. The van der Waals surface area contributed by atoms with Crippen LogP contribution in [0.2, 0.25) is 0 Å². The van der Waals surface area contributed by atoms with Gasteiger partial charge in [-0.3, -0.25) is 9.00 Å². The lowest BCUT2D eigenvalue weighted by atomic mass is 9.89. The molecule has 3 aliphatic heterocycles. The first-order valence-electron chi connectivity index (χ1n) is 5.93. The molecule has 1 unspecified atom stereocenters. The maximum Gasteiger partial charge on any atom is 0.338 e. The highest BCUT2D eigenvalue weighted by Gasteiger charge is 2.87. The number of amides is 1. The molecule has 3 heterocycles. The van der Waals surface area contributed by atoms with Crippen LogP contribution >= 0.6 is 0 Å². The number of β-lactam (4-membered cyclic amide) rings is 1. The van der Waals surface area contributed by atoms with Crippen LogP contribution in [0.5, 0.6) is 0 Å². The Morgan fingerprint density at radius 3 is 2.55 bits per heavy atom. The third-order valence-corrected chi connectivity index (χ3v) is 6.38. The van der Waals surface area contributed by atoms with Crippen LogP contribution in [0, 0.1) is 0 Å². The van der Waals surface area contributed by atoms with Gasteiger partial charge in [-0.15, -0.1) is 0 Å². The lowest BCUT2D eigenvalue weighted by molar-refractivity contribution is -0.165. The molecule has 0 aromatic rings. The Balaban J connectivity index is 1.98. The minimum Gasteiger partial charge on any atom is -0.480 e. The number of carboxylic acid groups (broad SMARTS) is 1. The Kier molecular flexibility index (Phi) is 2.42. The third-order valence-electron chi connectivity index (χ3n) is 4.14. The molecule has 20 heavy (non-hydrogen) atoms. The molecule has 110 valence electrons. The number of carbonyl (C=O) groups excluding carboxylic acids is 2. The van der Waals surface area contributed by atoms with Crippen LogP contribution in [-0.2, 0) is 34.7 Å². The zero-order valence-corrected chi connectivity index (χ0v) is 11.8. The van der Waals surface area contributed by atoms with Gasteiger partial charge in [-0.05, 0) is 13.8 Å². The monoisotopic (exact) mass is 303 g/mol. The minimum atomic E-state index is -1.65. The van der Waals surface area contributed by atoms with E-state index in [0.29, 0.717) is 0 Å². The quantitative estimate of drug-likeness (QED) is 0.373. The van der Waals surface area contributed by atoms with Crippen molar-refractivity contribution in [3.8, 4) is 0 Å². The molecule has 0 aromatic heterocycles. The molecule has 1 amide bonds. The average Bonchev–Trinajstić information content (AvgIpc) is 3.09. The molecule has 8 nitrogen and oxygen atoms in total. The van der Waals surface area contributed by atoms with Crippen molar-refractivity contribution >= 4 is 28.6 Å². The van der Waals surface area contributed by atoms with Gasteiger partial charge in [0.15, 0.2) is 11.5 Å². The summed E-state index contributed by atoms with van der Waals surface area (Å²) in [5, 5.41) is 8.35. The lowest BCUT2D eigenvalue weighted by Gasteiger charge is -2.41. The Bertz CT molecular complexity index is 573. The van der Waals surface area contributed by atoms with Crippen LogP contribution in [0.4, 0.5) is 0 Å². The van der Waals surface area contributed by atoms with Crippen LogP contribution in [-0.4, -0.2) is 67.0 Å². The van der Waals surface area contributed by atoms with Crippen molar-refractivity contribution in [2.45, 2.75) is 41.7 Å². The number of hydrogen-bond acceptors (Lipinski definition) is 6. The Morgan fingerprint density at radius 2 is 2.05 bits per heavy atom. The van der Waals surface area contributed by atoms with Gasteiger partial charge in [0.2, 0.25) is 5.60 Å². The van der Waals surface area contributed by atoms with Crippen molar-refractivity contribution in [3.63, 3.8) is 0 Å². The van der Waals surface area contributed by atoms with Crippen molar-refractivity contribution < 1.29 is 33.2 Å². The number of ether oxygens (including phenoxy) is 2. The summed E-state index contributed by atoms with van der Waals surface area (Å²) in [6.07, 6.45) is -1.09. The predicted octanol–water partition coefficient (Wildman–Crippen LogP) is -1.54. The highest BCUT2D eigenvalue weighted by molar-refractivity contribution is 7.87. The number of epoxide rings is 1. The highest BCUT2D eigenvalue weighted by atomic mass is 32.2. The third kappa shape index (κ3) is 1.20. The Morgan fingerprint density at radius 1 is 1.45 bits per heavy atom. The van der Waals surface area contributed by atoms with Gasteiger partial charge in [-0.1, -0.05) is 0 Å². The SMILES string of the molecule is COC(=O)[C@@H]1O[C@]12C(=O)N1[C@@H](C(=O)O)C(C)(C)S(=O)[C@@H]12. The molecule has 0 bridgehead atoms. The van der Waals surface area contributed by atoms with E-state index in [1.165, 1.54) is 13.8 Å². The number of aliphatic carboxylic acids is 1. The highest BCUT2D eigenvalue weighted by Crippen LogP contribution is 2.59. The molecule has 5 atom stereocenters. The van der Waals surface area contributed by atoms with E-state index < -0.39 is 56.5 Å². The summed E-state index contributed by atoms with van der Waals surface area (Å²) in [6, 6.07) is -1.19. The van der Waals surface area contributed by atoms with Crippen LogP contribution in [0.25, 0.3) is 0 Å². The summed E-state index contributed by atoms with van der Waals surface area (Å²) in [6.45, 7) is 3.05. The van der Waals surface area contributed by atoms with E-state index in [2.05, 4.69) is 4.74 Å². The van der Waals surface area contributed by atoms with E-state index in [1.807, 2.05) is 0 Å². The first-order valence-corrected chi connectivity index (χ1v) is 7.14. The molecule has 0 aromatic carbocycles. The second-order valence-electron chi connectivity index (χ2n) is 5.52. The summed E-state index contributed by atoms with van der Waals surface area (Å²) >= 11 is 0. The van der Waals surface area contributed by atoms with Crippen molar-refractivity contribution in [1.82, 2.24) is 4.90 Å². The van der Waals surface area contributed by atoms with Gasteiger partial charge in [-0.25, -0.2) is 9.59 Å². The van der Waals surface area contributed by atoms with E-state index in [4.69, 9.17) is 4.74 Å². The number of methoxy groups -OCH3 is 1. The number of rotatable bonds is 2. The van der Waals surface area contributed by atoms with Crippen molar-refractivity contribution in [3.05, 3.63) is 0 Å². The summed E-state index contributed by atoms with van der Waals surface area (Å²) < 4.78 is 21.0. The number of carboxylic acids is 1. The molecule has 0 radical (unpaired) electrons. The lowest BCUT2D eigenvalue weighted by Crippen LogP contribution is -2.70. The summed E-state index contributed by atoms with van der Waals surface area (Å²) in [7, 11) is -0.486. The molecule has 1 spiro atoms. The van der Waals surface area contributed by atoms with Gasteiger partial charge < -0.3 is 19.5 Å². The molecule has 3 rings (SSSR count). The zero-order valence-electron chi connectivity index (χ0n) is 11.0. The van der Waals surface area contributed by atoms with Crippen LogP contribution in [0.1, 0.15) is 13.8 Å². The van der Waals surface area contributed by atoms with Crippen molar-refractivity contribution in [1.29, 1.82) is 0 Å². The van der Waals surface area contributed by atoms with E-state index in [9.17, 15) is 23.7 Å². The number of fused-ring (bicyclic) bond motifs is 2. The van der Waals surface area contributed by atoms with E-state index >= 15 is 0 Å². The minimum absolute atomic E-state index is 0.607. The molecular formula is C11H13NO7S. The van der Waals surface area contributed by atoms with E-state index in [0.717, 1.165) is 12.0 Å². The standard InChI is InChI=1S/C11H13NO7S/c1-10(2)4(6(13)14)12-8(16)11(9(12)20(10)17)5(19-11)7(15)18-3/h4-5,9H,1-3H3,(H,13,14)/t4-,5-,9+,11-,20?/m0/s1. The fraction of sp³-hybridized carbons (Fsp3) is 0.727. The number of hydrogen-bond donors (Lipinski definition) is 1. The molecule has 0 saturated carbocycles. The molecule has 3 aliphatic rings. The topological polar surface area (TPSA) is 114 Å². The fourth-order valence-corrected chi connectivity index (χ4v) is 5.09. The summed E-state index contributed by atoms with van der Waals surface area (Å²) in [4.78, 5) is 36.1. The fourth-order valence-electron chi connectivity index (χ4n) is 3.06. The number of carbonyl (C=O) groups is 3. The van der Waals surface area contributed by atoms with E-state index in [-0.39, 0.29) is 0 Å². The predicted molar refractivity (Wildman–Crippen MR) is 63.9 cm³/mol. The van der Waals surface area contributed by atoms with Crippen molar-refractivity contribution in [2.24, 2.45) is 0 Å². The summed E-state index contributed by atoms with van der Waals surface area (Å²) in [5.74, 6) is -2.54. The van der Waals surface area contributed by atoms with Gasteiger partial charge in [0, 0.05) is 0 Å². The van der Waals surface area contributed by atoms with Crippen LogP contribution < -0.4 is 0 Å². The average molecular weight is 303 g/mol. The van der Waals surface area contributed by atoms with Crippen molar-refractivity contribution in [2.75, 3.05) is 7.11 Å². The Hall–Kier alpha value is -1.48. The smallest absolute Gasteiger partial charge is 0.338 e. The first kappa shape index (κ1) is 13.5. The van der Waals surface area contributed by atoms with Gasteiger partial charge in [0.05, 0.1) is 22.7 Å². The molecule has 3 saturated heterocycles. The van der Waals surface area contributed by atoms with Gasteiger partial charge in [0.1, 0.15) is 6.04 Å². The molecule has 0 aliphatic carbocycles. The van der Waals surface area contributed by atoms with Gasteiger partial charge >= 0.3 is 11.9 Å². The maximum absolute atomic E-state index is 12.5. The number of esters is 1. The van der Waals surface area contributed by atoms with Gasteiger partial charge in [0.25, 0.3) is 5.91 Å². The molecular weight excluding hydrogens is 290 g/mol. The largest absolute Gasteiger partial charge is 0.480 e. The van der Waals surface area contributed by atoms with Gasteiger partial charge in [-0.2, -0.15) is 0 Å². The molecule has 3 fully saturated rings. The van der Waals surface area contributed by atoms with E-state index in [1.54, 1.807) is 0 Å². The molecule has 9 heteroatoms. The zero-order chi connectivity index (χ0) is 15.0. The normalized spacial score (nSPS) is 44.0.